The Morgan fingerprint density at radius 1 is 1.27 bits per heavy atom. The number of carboxylic acid groups (broad SMARTS) is 1. The number of aromatic nitrogens is 3. The van der Waals surface area contributed by atoms with Gasteiger partial charge in [0.05, 0.1) is 16.2 Å². The van der Waals surface area contributed by atoms with Crippen LogP contribution in [0.25, 0.3) is 28.0 Å². The van der Waals surface area contributed by atoms with Crippen LogP contribution in [-0.2, 0) is 9.59 Å². The van der Waals surface area contributed by atoms with Gasteiger partial charge in [0.2, 0.25) is 5.91 Å². The summed E-state index contributed by atoms with van der Waals surface area (Å²) in [7, 11) is 0. The number of H-pyrrole nitrogens is 1. The molecule has 4 rings (SSSR count). The van der Waals surface area contributed by atoms with E-state index in [1.807, 2.05) is 24.3 Å². The zero-order valence-corrected chi connectivity index (χ0v) is 19.1. The van der Waals surface area contributed by atoms with Crippen LogP contribution in [-0.4, -0.2) is 44.1 Å². The molecule has 2 heterocycles. The predicted molar refractivity (Wildman–Crippen MR) is 126 cm³/mol. The van der Waals surface area contributed by atoms with E-state index in [1.165, 1.54) is 5.57 Å². The number of nitrogens with one attached hydrogen (secondary N) is 2. The lowest BCUT2D eigenvalue weighted by molar-refractivity contribution is -0.145. The molecule has 2 unspecified atom stereocenters. The molecule has 2 atom stereocenters. The van der Waals surface area contributed by atoms with Crippen molar-refractivity contribution in [2.24, 2.45) is 0 Å². The van der Waals surface area contributed by atoms with E-state index in [1.54, 1.807) is 19.9 Å². The molecular weight excluding hydrogens is 444 g/mol. The summed E-state index contributed by atoms with van der Waals surface area (Å²) < 4.78 is 5.43. The fourth-order valence-corrected chi connectivity index (χ4v) is 4.21. The van der Waals surface area contributed by atoms with E-state index in [-0.39, 0.29) is 18.0 Å². The van der Waals surface area contributed by atoms with E-state index in [0.717, 1.165) is 30.4 Å². The predicted octanol–water partition coefficient (Wildman–Crippen LogP) is 4.59. The third-order valence-corrected chi connectivity index (χ3v) is 5.94. The van der Waals surface area contributed by atoms with Crippen LogP contribution in [0.1, 0.15) is 45.1 Å². The molecule has 0 saturated heterocycles. The van der Waals surface area contributed by atoms with Crippen LogP contribution in [0.5, 0.6) is 6.01 Å². The minimum Gasteiger partial charge on any atom is -0.479 e. The van der Waals surface area contributed by atoms with Crippen LogP contribution < -0.4 is 10.1 Å². The summed E-state index contributed by atoms with van der Waals surface area (Å²) in [5.41, 5.74) is 4.79. The normalized spacial score (nSPS) is 16.8. The summed E-state index contributed by atoms with van der Waals surface area (Å²) in [4.78, 5) is 34.2. The Bertz CT molecular complexity index is 1220. The molecule has 0 bridgehead atoms. The highest BCUT2D eigenvalue weighted by molar-refractivity contribution is 6.33. The van der Waals surface area contributed by atoms with E-state index in [9.17, 15) is 14.7 Å². The zero-order chi connectivity index (χ0) is 23.5. The fourth-order valence-electron chi connectivity index (χ4n) is 3.95. The molecule has 8 nitrogen and oxygen atoms in total. The van der Waals surface area contributed by atoms with Gasteiger partial charge in [-0.2, -0.15) is 4.98 Å². The Balaban J connectivity index is 1.54. The number of carbonyl (C=O) groups excluding carboxylic acids is 1. The molecule has 0 aliphatic heterocycles. The Kier molecular flexibility index (Phi) is 6.65. The second-order valence-corrected chi connectivity index (χ2v) is 8.47. The van der Waals surface area contributed by atoms with Gasteiger partial charge < -0.3 is 20.1 Å². The number of amides is 1. The van der Waals surface area contributed by atoms with Crippen LogP contribution in [0.4, 0.5) is 0 Å². The summed E-state index contributed by atoms with van der Waals surface area (Å²) in [6.45, 7) is 3.27. The first kappa shape index (κ1) is 22.8. The minimum atomic E-state index is -1.05. The number of nitrogens with zero attached hydrogens (tertiary/aromatic N) is 2. The Morgan fingerprint density at radius 3 is 2.61 bits per heavy atom. The van der Waals surface area contributed by atoms with Crippen molar-refractivity contribution in [2.45, 2.75) is 51.7 Å². The number of halogens is 1. The van der Waals surface area contributed by atoms with Crippen molar-refractivity contribution in [3.05, 3.63) is 47.0 Å². The monoisotopic (exact) mass is 468 g/mol. The molecule has 0 radical (unpaired) electrons. The molecule has 1 aromatic carbocycles. The Morgan fingerprint density at radius 2 is 2.00 bits per heavy atom. The van der Waals surface area contributed by atoms with Gasteiger partial charge in [-0.05, 0) is 42.9 Å². The molecule has 3 N–H and O–H groups in total. The Hall–Kier alpha value is -3.39. The van der Waals surface area contributed by atoms with Gasteiger partial charge in [0, 0.05) is 18.5 Å². The first-order valence-electron chi connectivity index (χ1n) is 10.9. The molecule has 0 fully saturated rings. The molecule has 3 aromatic rings. The van der Waals surface area contributed by atoms with Crippen molar-refractivity contribution < 1.29 is 19.4 Å². The molecule has 172 valence electrons. The molecule has 9 heteroatoms. The second kappa shape index (κ2) is 9.62. The van der Waals surface area contributed by atoms with Crippen LogP contribution >= 0.6 is 11.6 Å². The summed E-state index contributed by atoms with van der Waals surface area (Å²) in [5, 5.41) is 12.6. The second-order valence-electron chi connectivity index (χ2n) is 8.06. The number of ether oxygens (including phenoxy) is 1. The summed E-state index contributed by atoms with van der Waals surface area (Å²) >= 11 is 6.49. The number of hydrogen-bond donors (Lipinski definition) is 3. The number of carbonyl (C=O) groups is 2. The van der Waals surface area contributed by atoms with Gasteiger partial charge in [0.1, 0.15) is 0 Å². The quantitative estimate of drug-likeness (QED) is 0.466. The highest BCUT2D eigenvalue weighted by Crippen LogP contribution is 2.32. The van der Waals surface area contributed by atoms with E-state index < -0.39 is 12.1 Å². The lowest BCUT2D eigenvalue weighted by Crippen LogP contribution is -2.33. The molecule has 33 heavy (non-hydrogen) atoms. The minimum absolute atomic E-state index is 0.00483. The van der Waals surface area contributed by atoms with Crippen molar-refractivity contribution in [1.29, 1.82) is 0 Å². The van der Waals surface area contributed by atoms with E-state index in [0.29, 0.717) is 28.3 Å². The number of fused-ring (bicyclic) bond motifs is 1. The van der Waals surface area contributed by atoms with Crippen LogP contribution in [0, 0.1) is 0 Å². The largest absolute Gasteiger partial charge is 0.479 e. The van der Waals surface area contributed by atoms with Gasteiger partial charge in [-0.25, -0.2) is 9.78 Å². The van der Waals surface area contributed by atoms with Crippen molar-refractivity contribution in [2.75, 3.05) is 0 Å². The molecule has 0 saturated carbocycles. The molecular formula is C24H25ClN4O4. The number of hydrogen-bond acceptors (Lipinski definition) is 5. The highest BCUT2D eigenvalue weighted by Gasteiger charge is 2.20. The number of carboxylic acids is 1. The standard InChI is InChI=1S/C24H25ClN4O4/c1-3-20(23(31)32)33-24-27-19-12-18(25)21(28-22(19)29-24)16-6-4-14(5-7-16)15-8-10-17(11-9-15)26-13(2)30/h4-8,12,17,20H,3,9-11H2,1-2H3,(H,26,30)(H,31,32)(H,27,28,29). The van der Waals surface area contributed by atoms with Gasteiger partial charge >= 0.3 is 5.97 Å². The molecule has 1 amide bonds. The lowest BCUT2D eigenvalue weighted by atomic mass is 9.90. The fraction of sp³-hybridized carbons (Fsp3) is 0.333. The zero-order valence-electron chi connectivity index (χ0n) is 18.4. The van der Waals surface area contributed by atoms with Gasteiger partial charge in [-0.1, -0.05) is 48.9 Å². The maximum absolute atomic E-state index is 11.2. The van der Waals surface area contributed by atoms with Crippen LogP contribution in [0.15, 0.2) is 36.4 Å². The number of rotatable bonds is 7. The number of pyridine rings is 1. The van der Waals surface area contributed by atoms with Gasteiger partial charge in [0.15, 0.2) is 11.8 Å². The molecule has 1 aliphatic carbocycles. The highest BCUT2D eigenvalue weighted by atomic mass is 35.5. The molecule has 0 spiro atoms. The van der Waals surface area contributed by atoms with E-state index in [2.05, 4.69) is 26.3 Å². The third kappa shape index (κ3) is 5.17. The van der Waals surface area contributed by atoms with Crippen molar-refractivity contribution >= 4 is 40.2 Å². The third-order valence-electron chi connectivity index (χ3n) is 5.65. The lowest BCUT2D eigenvalue weighted by Gasteiger charge is -2.22. The van der Waals surface area contributed by atoms with Crippen molar-refractivity contribution in [1.82, 2.24) is 20.3 Å². The topological polar surface area (TPSA) is 117 Å². The summed E-state index contributed by atoms with van der Waals surface area (Å²) in [6.07, 6.45) is 4.15. The average Bonchev–Trinajstić information content (AvgIpc) is 3.18. The van der Waals surface area contributed by atoms with Gasteiger partial charge in [0.25, 0.3) is 6.01 Å². The summed E-state index contributed by atoms with van der Waals surface area (Å²) in [6, 6.07) is 10.0. The number of allylic oxidation sites excluding steroid dienone is 1. The molecule has 1 aliphatic rings. The number of imidazole rings is 1. The SMILES string of the molecule is CCC(Oc1nc2nc(-c3ccc(C4=CCC(NC(C)=O)CC4)cc3)c(Cl)cc2[nH]1)C(=O)O. The van der Waals surface area contributed by atoms with Crippen LogP contribution in [0.3, 0.4) is 0 Å². The van der Waals surface area contributed by atoms with E-state index in [4.69, 9.17) is 16.3 Å². The van der Waals surface area contributed by atoms with Gasteiger partial charge in [-0.15, -0.1) is 0 Å². The number of aromatic amines is 1. The Labute approximate surface area is 196 Å². The van der Waals surface area contributed by atoms with Gasteiger partial charge in [-0.3, -0.25) is 4.79 Å². The molecule has 2 aromatic heterocycles. The summed E-state index contributed by atoms with van der Waals surface area (Å²) in [5.74, 6) is -1.05. The maximum atomic E-state index is 11.2. The average molecular weight is 469 g/mol. The smallest absolute Gasteiger partial charge is 0.345 e. The first-order chi connectivity index (χ1) is 15.8. The van der Waals surface area contributed by atoms with Crippen LogP contribution in [0.2, 0.25) is 5.02 Å². The van der Waals surface area contributed by atoms with E-state index >= 15 is 0 Å². The maximum Gasteiger partial charge on any atom is 0.345 e. The van der Waals surface area contributed by atoms with Crippen molar-refractivity contribution in [3.8, 4) is 17.3 Å². The number of aliphatic carboxylic acids is 1. The number of benzene rings is 1. The first-order valence-corrected chi connectivity index (χ1v) is 11.2. The van der Waals surface area contributed by atoms with Crippen molar-refractivity contribution in [3.63, 3.8) is 0 Å².